The number of anilines is 1. The lowest BCUT2D eigenvalue weighted by Gasteiger charge is -2.17. The van der Waals surface area contributed by atoms with Crippen molar-refractivity contribution in [3.8, 4) is 0 Å². The van der Waals surface area contributed by atoms with Crippen molar-refractivity contribution in [2.24, 2.45) is 0 Å². The SMILES string of the molecule is Nc1nc(Cl)nc2c1ncn2[C@@H]1O[C@H](CS[C@H]2CCNC2)[C@@H](O)[C@H]1O. The van der Waals surface area contributed by atoms with Gasteiger partial charge in [-0.25, -0.2) is 4.98 Å². The van der Waals surface area contributed by atoms with Gasteiger partial charge in [-0.3, -0.25) is 4.57 Å². The van der Waals surface area contributed by atoms with Gasteiger partial charge in [0.15, 0.2) is 17.7 Å². The molecule has 2 aromatic heterocycles. The maximum Gasteiger partial charge on any atom is 0.226 e. The van der Waals surface area contributed by atoms with Gasteiger partial charge in [0.05, 0.1) is 12.4 Å². The van der Waals surface area contributed by atoms with Gasteiger partial charge in [-0.1, -0.05) is 0 Å². The third-order valence-electron chi connectivity index (χ3n) is 4.54. The lowest BCUT2D eigenvalue weighted by Crippen LogP contribution is -2.33. The minimum Gasteiger partial charge on any atom is -0.387 e. The van der Waals surface area contributed by atoms with E-state index in [1.165, 1.54) is 10.9 Å². The predicted molar refractivity (Wildman–Crippen MR) is 94.4 cm³/mol. The Morgan fingerprint density at radius 2 is 2.24 bits per heavy atom. The van der Waals surface area contributed by atoms with E-state index in [0.29, 0.717) is 22.2 Å². The number of imidazole rings is 1. The number of nitrogens with two attached hydrogens (primary N) is 1. The summed E-state index contributed by atoms with van der Waals surface area (Å²) in [6.45, 7) is 1.97. The lowest BCUT2D eigenvalue weighted by molar-refractivity contribution is -0.0289. The van der Waals surface area contributed by atoms with E-state index < -0.39 is 24.5 Å². The van der Waals surface area contributed by atoms with Crippen LogP contribution in [0.1, 0.15) is 12.6 Å². The largest absolute Gasteiger partial charge is 0.387 e. The molecular formula is C14H19ClN6O3S. The molecule has 0 saturated carbocycles. The highest BCUT2D eigenvalue weighted by atomic mass is 35.5. The lowest BCUT2D eigenvalue weighted by atomic mass is 10.1. The Hall–Kier alpha value is -1.17. The van der Waals surface area contributed by atoms with Gasteiger partial charge in [0.25, 0.3) is 0 Å². The van der Waals surface area contributed by atoms with Gasteiger partial charge in [-0.05, 0) is 24.6 Å². The molecular weight excluding hydrogens is 368 g/mol. The third-order valence-corrected chi connectivity index (χ3v) is 6.11. The second kappa shape index (κ2) is 6.86. The van der Waals surface area contributed by atoms with Crippen LogP contribution in [-0.2, 0) is 4.74 Å². The maximum absolute atomic E-state index is 10.4. The third kappa shape index (κ3) is 3.18. The summed E-state index contributed by atoms with van der Waals surface area (Å²) in [5.74, 6) is 0.758. The van der Waals surface area contributed by atoms with Gasteiger partial charge in [-0.2, -0.15) is 21.7 Å². The van der Waals surface area contributed by atoms with Crippen LogP contribution in [0.25, 0.3) is 11.2 Å². The molecule has 0 radical (unpaired) electrons. The highest BCUT2D eigenvalue weighted by molar-refractivity contribution is 8.00. The minimum absolute atomic E-state index is 0.0133. The Morgan fingerprint density at radius 1 is 1.40 bits per heavy atom. The molecule has 2 saturated heterocycles. The number of fused-ring (bicyclic) bond motifs is 1. The van der Waals surface area contributed by atoms with Crippen molar-refractivity contribution in [2.45, 2.75) is 36.2 Å². The number of ether oxygens (including phenoxy) is 1. The van der Waals surface area contributed by atoms with Crippen molar-refractivity contribution >= 4 is 40.3 Å². The van der Waals surface area contributed by atoms with Crippen molar-refractivity contribution in [3.05, 3.63) is 11.6 Å². The summed E-state index contributed by atoms with van der Waals surface area (Å²) in [6, 6.07) is 0. The quantitative estimate of drug-likeness (QED) is 0.526. The van der Waals surface area contributed by atoms with Crippen LogP contribution in [0.15, 0.2) is 6.33 Å². The van der Waals surface area contributed by atoms with E-state index in [0.717, 1.165) is 19.5 Å². The van der Waals surface area contributed by atoms with E-state index in [9.17, 15) is 10.2 Å². The molecule has 4 heterocycles. The number of nitrogens with zero attached hydrogens (tertiary/aromatic N) is 4. The summed E-state index contributed by atoms with van der Waals surface area (Å²) in [4.78, 5) is 12.1. The minimum atomic E-state index is -1.10. The molecule has 2 aliphatic rings. The van der Waals surface area contributed by atoms with E-state index in [-0.39, 0.29) is 11.1 Å². The molecule has 5 N–H and O–H groups in total. The first-order valence-electron chi connectivity index (χ1n) is 8.04. The van der Waals surface area contributed by atoms with Gasteiger partial charge in [-0.15, -0.1) is 0 Å². The zero-order valence-corrected chi connectivity index (χ0v) is 14.8. The van der Waals surface area contributed by atoms with Crippen molar-refractivity contribution in [1.29, 1.82) is 0 Å². The number of hydrogen-bond donors (Lipinski definition) is 4. The number of nitrogen functional groups attached to an aromatic ring is 1. The molecule has 0 unspecified atom stereocenters. The van der Waals surface area contributed by atoms with Gasteiger partial charge < -0.3 is 26.0 Å². The van der Waals surface area contributed by atoms with Crippen molar-refractivity contribution < 1.29 is 14.9 Å². The van der Waals surface area contributed by atoms with E-state index >= 15 is 0 Å². The number of nitrogens with one attached hydrogen (secondary N) is 1. The summed E-state index contributed by atoms with van der Waals surface area (Å²) in [7, 11) is 0. The van der Waals surface area contributed by atoms with Crippen molar-refractivity contribution in [1.82, 2.24) is 24.8 Å². The van der Waals surface area contributed by atoms with E-state index in [1.54, 1.807) is 11.8 Å². The maximum atomic E-state index is 10.4. The van der Waals surface area contributed by atoms with Crippen LogP contribution in [0.3, 0.4) is 0 Å². The first-order chi connectivity index (χ1) is 12.0. The van der Waals surface area contributed by atoms with Crippen LogP contribution in [0.2, 0.25) is 5.28 Å². The van der Waals surface area contributed by atoms with E-state index in [4.69, 9.17) is 22.1 Å². The number of aromatic nitrogens is 4. The standard InChI is InChI=1S/C14H19ClN6O3S/c15-14-19-11(16)8-12(20-14)21(5-18-8)13-10(23)9(22)7(24-13)4-25-6-1-2-17-3-6/h5-7,9-10,13,17,22-23H,1-4H2,(H2,16,19,20)/t6-,7+,9+,10+,13+/m0/s1. The Bertz CT molecular complexity index is 770. The molecule has 2 fully saturated rings. The molecule has 0 aliphatic carbocycles. The van der Waals surface area contributed by atoms with Gasteiger partial charge >= 0.3 is 0 Å². The zero-order valence-electron chi connectivity index (χ0n) is 13.2. The normalized spacial score (nSPS) is 32.7. The Kier molecular flexibility index (Phi) is 4.73. The highest BCUT2D eigenvalue weighted by Gasteiger charge is 2.44. The topological polar surface area (TPSA) is 131 Å². The summed E-state index contributed by atoms with van der Waals surface area (Å²) < 4.78 is 7.45. The van der Waals surface area contributed by atoms with Crippen LogP contribution in [-0.4, -0.2) is 72.1 Å². The van der Waals surface area contributed by atoms with Crippen LogP contribution in [0.4, 0.5) is 5.82 Å². The highest BCUT2D eigenvalue weighted by Crippen LogP contribution is 2.34. The fraction of sp³-hybridized carbons (Fsp3) is 0.643. The first-order valence-corrected chi connectivity index (χ1v) is 9.46. The summed E-state index contributed by atoms with van der Waals surface area (Å²) >= 11 is 7.62. The molecule has 4 rings (SSSR count). The number of aliphatic hydroxyl groups excluding tert-OH is 2. The predicted octanol–water partition coefficient (Wildman–Crippen LogP) is -0.224. The average molecular weight is 387 g/mol. The number of thioether (sulfide) groups is 1. The fourth-order valence-corrected chi connectivity index (χ4v) is 4.62. The van der Waals surface area contributed by atoms with Gasteiger partial charge in [0.2, 0.25) is 5.28 Å². The fourth-order valence-electron chi connectivity index (χ4n) is 3.19. The molecule has 0 spiro atoms. The zero-order chi connectivity index (χ0) is 17.6. The molecule has 0 bridgehead atoms. The molecule has 11 heteroatoms. The van der Waals surface area contributed by atoms with Crippen LogP contribution in [0.5, 0.6) is 0 Å². The molecule has 0 aromatic carbocycles. The molecule has 2 aliphatic heterocycles. The Labute approximate surface area is 152 Å². The summed E-state index contributed by atoms with van der Waals surface area (Å²) in [5, 5.41) is 24.6. The number of aliphatic hydroxyl groups is 2. The van der Waals surface area contributed by atoms with Crippen LogP contribution >= 0.6 is 23.4 Å². The molecule has 136 valence electrons. The number of rotatable bonds is 4. The molecule has 0 amide bonds. The second-order valence-corrected chi connectivity index (χ2v) is 7.87. The van der Waals surface area contributed by atoms with Crippen molar-refractivity contribution in [2.75, 3.05) is 24.6 Å². The smallest absolute Gasteiger partial charge is 0.226 e. The van der Waals surface area contributed by atoms with Crippen molar-refractivity contribution in [3.63, 3.8) is 0 Å². The Balaban J connectivity index is 1.54. The second-order valence-electron chi connectivity index (χ2n) is 6.20. The van der Waals surface area contributed by atoms with Crippen LogP contribution < -0.4 is 11.1 Å². The Morgan fingerprint density at radius 3 is 3.00 bits per heavy atom. The van der Waals surface area contributed by atoms with E-state index in [1.807, 2.05) is 0 Å². The number of halogens is 1. The monoisotopic (exact) mass is 386 g/mol. The van der Waals surface area contributed by atoms with Crippen LogP contribution in [0, 0.1) is 0 Å². The van der Waals surface area contributed by atoms with E-state index in [2.05, 4.69) is 20.3 Å². The molecule has 25 heavy (non-hydrogen) atoms. The molecule has 2 aromatic rings. The first kappa shape index (κ1) is 17.3. The average Bonchev–Trinajstić information content (AvgIpc) is 3.28. The molecule has 9 nitrogen and oxygen atoms in total. The molecule has 5 atom stereocenters. The van der Waals surface area contributed by atoms with Gasteiger partial charge in [0.1, 0.15) is 17.7 Å². The summed E-state index contributed by atoms with van der Waals surface area (Å²) in [6.07, 6.45) is -0.808. The summed E-state index contributed by atoms with van der Waals surface area (Å²) in [5.41, 5.74) is 6.54. The van der Waals surface area contributed by atoms with Gasteiger partial charge in [0, 0.05) is 17.5 Å². The number of hydrogen-bond acceptors (Lipinski definition) is 9.